The molecule has 0 aliphatic heterocycles. The van der Waals surface area contributed by atoms with Gasteiger partial charge in [0.05, 0.1) is 25.4 Å². The van der Waals surface area contributed by atoms with Crippen molar-refractivity contribution in [1.82, 2.24) is 5.32 Å². The second-order valence-corrected chi connectivity index (χ2v) is 18.2. The van der Waals surface area contributed by atoms with Gasteiger partial charge in [0.15, 0.2) is 0 Å². The summed E-state index contributed by atoms with van der Waals surface area (Å²) in [6.45, 7) is 4.87. The number of amides is 1. The fourth-order valence-electron chi connectivity index (χ4n) is 8.22. The molecule has 0 heterocycles. The second kappa shape index (κ2) is 49.3. The number of carbonyl (C=O) groups is 2. The van der Waals surface area contributed by atoms with Crippen molar-refractivity contribution in [3.8, 4) is 0 Å². The largest absolute Gasteiger partial charge is 0.466 e. The van der Waals surface area contributed by atoms with Crippen molar-refractivity contribution in [2.75, 3.05) is 13.2 Å². The summed E-state index contributed by atoms with van der Waals surface area (Å²) in [6, 6.07) is -0.640. The lowest BCUT2D eigenvalue weighted by Crippen LogP contribution is -2.45. The number of allylic oxidation sites excluding steroid dienone is 1. The monoisotopic (exact) mass is 834 g/mol. The van der Waals surface area contributed by atoms with Crippen LogP contribution >= 0.6 is 0 Å². The van der Waals surface area contributed by atoms with Gasteiger partial charge in [-0.2, -0.15) is 0 Å². The molecule has 350 valence electrons. The summed E-state index contributed by atoms with van der Waals surface area (Å²) >= 11 is 0. The lowest BCUT2D eigenvalue weighted by atomic mass is 10.0. The molecule has 0 spiro atoms. The topological polar surface area (TPSA) is 95.9 Å². The lowest BCUT2D eigenvalue weighted by molar-refractivity contribution is -0.143. The zero-order valence-corrected chi connectivity index (χ0v) is 39.7. The highest BCUT2D eigenvalue weighted by atomic mass is 16.5. The van der Waals surface area contributed by atoms with Crippen LogP contribution in [0.15, 0.2) is 12.2 Å². The number of aliphatic hydroxyl groups excluding tert-OH is 2. The fraction of sp³-hybridized carbons (Fsp3) is 0.925. The summed E-state index contributed by atoms with van der Waals surface area (Å²) < 4.78 is 5.47. The molecule has 3 N–H and O–H groups in total. The van der Waals surface area contributed by atoms with Gasteiger partial charge in [-0.15, -0.1) is 0 Å². The van der Waals surface area contributed by atoms with Gasteiger partial charge in [-0.1, -0.05) is 257 Å². The van der Waals surface area contributed by atoms with Crippen molar-refractivity contribution in [1.29, 1.82) is 0 Å². The van der Waals surface area contributed by atoms with Crippen LogP contribution in [-0.2, 0) is 14.3 Å². The van der Waals surface area contributed by atoms with Crippen LogP contribution in [0.25, 0.3) is 0 Å². The number of rotatable bonds is 49. The molecule has 6 heteroatoms. The molecule has 59 heavy (non-hydrogen) atoms. The maximum atomic E-state index is 12.4. The summed E-state index contributed by atoms with van der Waals surface area (Å²) in [5.74, 6) is -0.0968. The second-order valence-electron chi connectivity index (χ2n) is 18.2. The Morgan fingerprint density at radius 2 is 0.780 bits per heavy atom. The molecule has 0 aliphatic carbocycles. The maximum absolute atomic E-state index is 12.4. The van der Waals surface area contributed by atoms with Crippen molar-refractivity contribution in [2.45, 2.75) is 302 Å². The smallest absolute Gasteiger partial charge is 0.305 e. The molecule has 2 unspecified atom stereocenters. The Balaban J connectivity index is 3.45. The van der Waals surface area contributed by atoms with Crippen LogP contribution in [-0.4, -0.2) is 47.4 Å². The van der Waals surface area contributed by atoms with Gasteiger partial charge >= 0.3 is 5.97 Å². The molecule has 0 aliphatic rings. The number of esters is 1. The number of aliphatic hydroxyl groups is 2. The normalized spacial score (nSPS) is 12.7. The summed E-state index contributed by atoms with van der Waals surface area (Å²) in [7, 11) is 0. The summed E-state index contributed by atoms with van der Waals surface area (Å²) in [5.41, 5.74) is 0. The van der Waals surface area contributed by atoms with E-state index in [9.17, 15) is 19.8 Å². The number of unbranched alkanes of at least 4 members (excludes halogenated alkanes) is 38. The Kier molecular flexibility index (Phi) is 48.1. The molecule has 0 bridgehead atoms. The van der Waals surface area contributed by atoms with Crippen molar-refractivity contribution in [3.05, 3.63) is 12.2 Å². The van der Waals surface area contributed by atoms with Gasteiger partial charge in [0.1, 0.15) is 0 Å². The molecule has 0 rings (SSSR count). The van der Waals surface area contributed by atoms with E-state index in [0.29, 0.717) is 19.4 Å². The van der Waals surface area contributed by atoms with Crippen molar-refractivity contribution in [2.24, 2.45) is 0 Å². The van der Waals surface area contributed by atoms with E-state index in [4.69, 9.17) is 4.74 Å². The Bertz CT molecular complexity index is 878. The van der Waals surface area contributed by atoms with E-state index >= 15 is 0 Å². The van der Waals surface area contributed by atoms with Crippen molar-refractivity contribution >= 4 is 11.9 Å². The Hall–Kier alpha value is -1.40. The van der Waals surface area contributed by atoms with Crippen LogP contribution in [0.3, 0.4) is 0 Å². The van der Waals surface area contributed by atoms with E-state index in [2.05, 4.69) is 19.2 Å². The predicted octanol–water partition coefficient (Wildman–Crippen LogP) is 15.7. The molecule has 6 nitrogen and oxygen atoms in total. The minimum Gasteiger partial charge on any atom is -0.466 e. The first kappa shape index (κ1) is 57.6. The molecule has 0 aromatic carbocycles. The molecule has 0 aromatic heterocycles. The zero-order chi connectivity index (χ0) is 43.0. The molecule has 0 aromatic rings. The van der Waals surface area contributed by atoms with Gasteiger partial charge in [0, 0.05) is 12.8 Å². The van der Waals surface area contributed by atoms with E-state index in [1.807, 2.05) is 6.08 Å². The average Bonchev–Trinajstić information content (AvgIpc) is 3.24. The first-order chi connectivity index (χ1) is 29.0. The molecule has 0 fully saturated rings. The first-order valence-corrected chi connectivity index (χ1v) is 26.5. The highest BCUT2D eigenvalue weighted by Crippen LogP contribution is 2.17. The molecule has 0 radical (unpaired) electrons. The van der Waals surface area contributed by atoms with Gasteiger partial charge in [0.2, 0.25) is 5.91 Å². The SMILES string of the molecule is CCCCCCCCCCCCC/C=C/C(O)C(CO)NC(=O)CCCCCCCCCCCCCOC(=O)CCCCCCCCCCCCCCCCCCCC. The van der Waals surface area contributed by atoms with Gasteiger partial charge in [-0.3, -0.25) is 9.59 Å². The molecule has 0 saturated heterocycles. The first-order valence-electron chi connectivity index (χ1n) is 26.5. The highest BCUT2D eigenvalue weighted by Gasteiger charge is 2.18. The van der Waals surface area contributed by atoms with Crippen LogP contribution in [0, 0.1) is 0 Å². The Morgan fingerprint density at radius 1 is 0.458 bits per heavy atom. The van der Waals surface area contributed by atoms with Crippen LogP contribution < -0.4 is 5.32 Å². The van der Waals surface area contributed by atoms with Crippen LogP contribution in [0.4, 0.5) is 0 Å². The molecular weight excluding hydrogens is 731 g/mol. The molecular formula is C53H103NO5. The van der Waals surface area contributed by atoms with Gasteiger partial charge in [-0.25, -0.2) is 0 Å². The van der Waals surface area contributed by atoms with Crippen molar-refractivity contribution < 1.29 is 24.5 Å². The van der Waals surface area contributed by atoms with E-state index in [1.165, 1.54) is 205 Å². The molecule has 0 saturated carbocycles. The third-order valence-corrected chi connectivity index (χ3v) is 12.3. The standard InChI is InChI=1S/C53H103NO5/c1-3-5-7-9-11-13-15-17-18-19-20-21-23-27-31-35-39-43-47-53(58)59-48-44-40-36-32-28-24-26-30-34-38-42-46-52(57)54-50(49-55)51(56)45-41-37-33-29-25-22-16-14-12-10-8-6-4-2/h41,45,50-51,55-56H,3-40,42-44,46-49H2,1-2H3,(H,54,57)/b45-41+. The maximum Gasteiger partial charge on any atom is 0.305 e. The van der Waals surface area contributed by atoms with Gasteiger partial charge in [0.25, 0.3) is 0 Å². The number of hydrogen-bond acceptors (Lipinski definition) is 5. The van der Waals surface area contributed by atoms with E-state index in [-0.39, 0.29) is 18.5 Å². The van der Waals surface area contributed by atoms with Crippen LogP contribution in [0.2, 0.25) is 0 Å². The summed E-state index contributed by atoms with van der Waals surface area (Å²) in [6.07, 6.45) is 56.4. The van der Waals surface area contributed by atoms with Gasteiger partial charge in [-0.05, 0) is 32.1 Å². The third-order valence-electron chi connectivity index (χ3n) is 12.3. The number of ether oxygens (including phenoxy) is 1. The van der Waals surface area contributed by atoms with E-state index in [1.54, 1.807) is 6.08 Å². The summed E-state index contributed by atoms with van der Waals surface area (Å²) in [5, 5.41) is 23.0. The quantitative estimate of drug-likeness (QED) is 0.0322. The minimum atomic E-state index is -0.854. The zero-order valence-electron chi connectivity index (χ0n) is 39.7. The third kappa shape index (κ3) is 45.9. The number of carbonyl (C=O) groups excluding carboxylic acids is 2. The minimum absolute atomic E-state index is 0.0110. The summed E-state index contributed by atoms with van der Waals surface area (Å²) in [4.78, 5) is 24.5. The molecule has 1 amide bonds. The van der Waals surface area contributed by atoms with E-state index in [0.717, 1.165) is 57.8 Å². The lowest BCUT2D eigenvalue weighted by Gasteiger charge is -2.20. The van der Waals surface area contributed by atoms with E-state index < -0.39 is 12.1 Å². The number of hydrogen-bond donors (Lipinski definition) is 3. The number of nitrogens with one attached hydrogen (secondary N) is 1. The van der Waals surface area contributed by atoms with Crippen LogP contribution in [0.1, 0.15) is 290 Å². The fourth-order valence-corrected chi connectivity index (χ4v) is 8.22. The Labute approximate surface area is 368 Å². The highest BCUT2D eigenvalue weighted by molar-refractivity contribution is 5.76. The van der Waals surface area contributed by atoms with Crippen LogP contribution in [0.5, 0.6) is 0 Å². The Morgan fingerprint density at radius 3 is 1.15 bits per heavy atom. The van der Waals surface area contributed by atoms with Gasteiger partial charge < -0.3 is 20.3 Å². The molecule has 2 atom stereocenters. The average molecular weight is 834 g/mol. The predicted molar refractivity (Wildman–Crippen MR) is 255 cm³/mol. The van der Waals surface area contributed by atoms with Crippen molar-refractivity contribution in [3.63, 3.8) is 0 Å².